The predicted octanol–water partition coefficient (Wildman–Crippen LogP) is 8.93. The van der Waals surface area contributed by atoms with Crippen LogP contribution in [0, 0.1) is 46.3 Å². The lowest BCUT2D eigenvalue weighted by Gasteiger charge is -2.59. The number of aliphatic hydroxyl groups excluding tert-OH is 1. The van der Waals surface area contributed by atoms with Gasteiger partial charge in [0.05, 0.1) is 12.2 Å². The summed E-state index contributed by atoms with van der Waals surface area (Å²) in [6, 6.07) is 22.4. The Morgan fingerprint density at radius 1 is 0.957 bits per heavy atom. The number of fused-ring (bicyclic) bond motifs is 7. The summed E-state index contributed by atoms with van der Waals surface area (Å²) in [4.78, 5) is 0. The normalized spacial score (nSPS) is 38.9. The first-order chi connectivity index (χ1) is 22.4. The maximum atomic E-state index is 9.58. The molecule has 2 aromatic carbocycles. The Bertz CT molecular complexity index is 1380. The Morgan fingerprint density at radius 3 is 2.23 bits per heavy atom. The molecule has 4 fully saturated rings. The maximum absolute atomic E-state index is 9.58. The summed E-state index contributed by atoms with van der Waals surface area (Å²) in [7, 11) is -2.57. The summed E-state index contributed by atoms with van der Waals surface area (Å²) < 4.78 is 14.6. The zero-order valence-corrected chi connectivity index (χ0v) is 31.4. The molecular weight excluding hydrogens is 593 g/mol. The van der Waals surface area contributed by atoms with Gasteiger partial charge in [-0.15, -0.1) is 0 Å². The van der Waals surface area contributed by atoms with Crippen molar-refractivity contribution in [2.24, 2.45) is 46.3 Å². The van der Waals surface area contributed by atoms with Gasteiger partial charge in [-0.25, -0.2) is 0 Å². The molecule has 1 N–H and O–H groups in total. The molecule has 256 valence electrons. The predicted molar refractivity (Wildman–Crippen MR) is 196 cm³/mol. The lowest BCUT2D eigenvalue weighted by atomic mass is 9.47. The molecule has 0 radical (unpaired) electrons. The van der Waals surface area contributed by atoms with Crippen molar-refractivity contribution < 1.29 is 14.3 Å². The first kappa shape index (κ1) is 33.8. The number of ether oxygens (including phenoxy) is 1. The highest BCUT2D eigenvalue weighted by molar-refractivity contribution is 6.99. The topological polar surface area (TPSA) is 38.7 Å². The second-order valence-electron chi connectivity index (χ2n) is 18.1. The fourth-order valence-corrected chi connectivity index (χ4v) is 16.9. The van der Waals surface area contributed by atoms with Crippen LogP contribution in [0.25, 0.3) is 0 Å². The van der Waals surface area contributed by atoms with Crippen LogP contribution in [0.15, 0.2) is 72.3 Å². The minimum absolute atomic E-state index is 0.00611. The lowest BCUT2D eigenvalue weighted by molar-refractivity contribution is -0.0581. The summed E-state index contributed by atoms with van der Waals surface area (Å²) in [6.07, 6.45) is 14.7. The summed E-state index contributed by atoms with van der Waals surface area (Å²) in [5.41, 5.74) is 2.40. The van der Waals surface area contributed by atoms with Crippen LogP contribution in [0.2, 0.25) is 5.04 Å². The van der Waals surface area contributed by atoms with Crippen molar-refractivity contribution in [3.05, 3.63) is 72.3 Å². The number of benzene rings is 2. The van der Waals surface area contributed by atoms with Gasteiger partial charge in [-0.05, 0) is 120 Å². The molecule has 3 nitrogen and oxygen atoms in total. The van der Waals surface area contributed by atoms with E-state index in [1.807, 2.05) is 0 Å². The van der Waals surface area contributed by atoms with Crippen LogP contribution >= 0.6 is 0 Å². The Hall–Kier alpha value is -1.72. The van der Waals surface area contributed by atoms with Crippen molar-refractivity contribution in [1.29, 1.82) is 0 Å². The fraction of sp³-hybridized carbons (Fsp3) is 0.674. The standard InChI is InChI=1S/C43H62O3Si/c1-29(28-44)18-21-38-30(2)40-39(45-38)27-37-35-20-19-31-26-32(22-24-42(31,6)36(35)23-25-43(37,40)7)46-47(41(3,4)5,33-14-10-8-11-15-33)34-16-12-9-13-17-34/h8-17,19,29-30,32,35-40,44H,18,20-28H2,1-7H3/t29-,30-,32+,35-,36+,37+,38-,39+,40+,42+,43+/m1/s1. The summed E-state index contributed by atoms with van der Waals surface area (Å²) in [5.74, 6) is 4.03. The lowest BCUT2D eigenvalue weighted by Crippen LogP contribution is -2.68. The third kappa shape index (κ3) is 5.47. The molecule has 0 bridgehead atoms. The first-order valence-electron chi connectivity index (χ1n) is 19.2. The zero-order valence-electron chi connectivity index (χ0n) is 30.4. The van der Waals surface area contributed by atoms with E-state index in [-0.39, 0.29) is 17.7 Å². The van der Waals surface area contributed by atoms with Gasteiger partial charge in [-0.3, -0.25) is 0 Å². The van der Waals surface area contributed by atoms with E-state index in [4.69, 9.17) is 9.16 Å². The summed E-state index contributed by atoms with van der Waals surface area (Å²) in [6.45, 7) is 17.5. The van der Waals surface area contributed by atoms with E-state index in [0.717, 1.165) is 43.4 Å². The quantitative estimate of drug-likeness (QED) is 0.228. The van der Waals surface area contributed by atoms with Crippen LogP contribution in [0.5, 0.6) is 0 Å². The van der Waals surface area contributed by atoms with Crippen molar-refractivity contribution in [2.45, 2.75) is 130 Å². The third-order valence-corrected chi connectivity index (χ3v) is 19.8. The van der Waals surface area contributed by atoms with E-state index in [2.05, 4.69) is 115 Å². The number of hydrogen-bond acceptors (Lipinski definition) is 3. The average Bonchev–Trinajstić information content (AvgIpc) is 3.55. The molecule has 4 aliphatic carbocycles. The molecule has 3 saturated carbocycles. The van der Waals surface area contributed by atoms with Gasteiger partial charge in [0.2, 0.25) is 0 Å². The van der Waals surface area contributed by atoms with Crippen molar-refractivity contribution in [2.75, 3.05) is 6.61 Å². The van der Waals surface area contributed by atoms with Crippen LogP contribution in [0.3, 0.4) is 0 Å². The van der Waals surface area contributed by atoms with Crippen LogP contribution in [-0.4, -0.2) is 38.3 Å². The molecule has 1 saturated heterocycles. The van der Waals surface area contributed by atoms with Gasteiger partial charge in [-0.2, -0.15) is 0 Å². The van der Waals surface area contributed by atoms with Crippen molar-refractivity contribution in [3.8, 4) is 0 Å². The number of hydrogen-bond donors (Lipinski definition) is 1. The van der Waals surface area contributed by atoms with Crippen molar-refractivity contribution in [1.82, 2.24) is 0 Å². The maximum Gasteiger partial charge on any atom is 0.261 e. The highest BCUT2D eigenvalue weighted by atomic mass is 28.4. The van der Waals surface area contributed by atoms with Gasteiger partial charge in [-0.1, -0.05) is 121 Å². The third-order valence-electron chi connectivity index (χ3n) is 14.7. The number of allylic oxidation sites excluding steroid dienone is 1. The molecule has 0 aromatic heterocycles. The smallest absolute Gasteiger partial charge is 0.261 e. The van der Waals surface area contributed by atoms with E-state index in [0.29, 0.717) is 40.8 Å². The van der Waals surface area contributed by atoms with Gasteiger partial charge in [0.15, 0.2) is 0 Å². The molecule has 4 heteroatoms. The molecular formula is C43H62O3Si. The van der Waals surface area contributed by atoms with E-state index in [1.54, 1.807) is 5.57 Å². The summed E-state index contributed by atoms with van der Waals surface area (Å²) in [5, 5.41) is 12.4. The SMILES string of the molecule is C[C@@H](CO)CC[C@H]1O[C@H]2C[C@H]3[C@@H]4CC=C5C[C@@H](O[Si](c6ccccc6)(c6ccccc6)C(C)(C)C)CC[C@]5(C)[C@H]4CC[C@]3(C)[C@H]2[C@@H]1C. The monoisotopic (exact) mass is 654 g/mol. The van der Waals surface area contributed by atoms with Gasteiger partial charge in [0.25, 0.3) is 8.32 Å². The second kappa shape index (κ2) is 12.6. The van der Waals surface area contributed by atoms with Crippen molar-refractivity contribution >= 4 is 18.7 Å². The van der Waals surface area contributed by atoms with Crippen LogP contribution in [0.4, 0.5) is 0 Å². The Labute approximate surface area is 287 Å². The second-order valence-corrected chi connectivity index (χ2v) is 22.4. The van der Waals surface area contributed by atoms with E-state index < -0.39 is 8.32 Å². The first-order valence-corrected chi connectivity index (χ1v) is 21.1. The minimum atomic E-state index is -2.57. The van der Waals surface area contributed by atoms with Gasteiger partial charge < -0.3 is 14.3 Å². The van der Waals surface area contributed by atoms with Crippen molar-refractivity contribution in [3.63, 3.8) is 0 Å². The highest BCUT2D eigenvalue weighted by Gasteiger charge is 2.65. The Morgan fingerprint density at radius 2 is 1.62 bits per heavy atom. The Kier molecular flexibility index (Phi) is 9.02. The van der Waals surface area contributed by atoms with Gasteiger partial charge in [0.1, 0.15) is 0 Å². The average molecular weight is 655 g/mol. The number of rotatable bonds is 8. The van der Waals surface area contributed by atoms with E-state index >= 15 is 0 Å². The zero-order chi connectivity index (χ0) is 33.2. The molecule has 2 aromatic rings. The molecule has 7 rings (SSSR count). The highest BCUT2D eigenvalue weighted by Crippen LogP contribution is 2.69. The Balaban J connectivity index is 1.12. The molecule has 0 unspecified atom stereocenters. The largest absolute Gasteiger partial charge is 0.404 e. The molecule has 0 spiro atoms. The molecule has 5 aliphatic rings. The summed E-state index contributed by atoms with van der Waals surface area (Å²) >= 11 is 0. The van der Waals surface area contributed by atoms with Crippen LogP contribution < -0.4 is 10.4 Å². The molecule has 1 aliphatic heterocycles. The van der Waals surface area contributed by atoms with Gasteiger partial charge >= 0.3 is 0 Å². The van der Waals surface area contributed by atoms with Crippen LogP contribution in [0.1, 0.15) is 106 Å². The molecule has 1 heterocycles. The van der Waals surface area contributed by atoms with Gasteiger partial charge in [0, 0.05) is 12.7 Å². The number of aliphatic hydroxyl groups is 1. The molecule has 0 amide bonds. The molecule has 47 heavy (non-hydrogen) atoms. The molecule has 11 atom stereocenters. The van der Waals surface area contributed by atoms with E-state index in [9.17, 15) is 5.11 Å². The fourth-order valence-electron chi connectivity index (χ4n) is 12.2. The minimum Gasteiger partial charge on any atom is -0.404 e. The van der Waals surface area contributed by atoms with E-state index in [1.165, 1.54) is 42.5 Å². The van der Waals surface area contributed by atoms with Crippen LogP contribution in [-0.2, 0) is 9.16 Å².